The van der Waals surface area contributed by atoms with E-state index < -0.39 is 5.60 Å². The van der Waals surface area contributed by atoms with Gasteiger partial charge in [-0.25, -0.2) is 4.98 Å². The van der Waals surface area contributed by atoms with Gasteiger partial charge in [-0.15, -0.1) is 0 Å². The molecule has 2 rings (SSSR count). The molecule has 18 heavy (non-hydrogen) atoms. The Labute approximate surface area is 107 Å². The van der Waals surface area contributed by atoms with E-state index in [-0.39, 0.29) is 6.61 Å². The highest BCUT2D eigenvalue weighted by Gasteiger charge is 2.31. The van der Waals surface area contributed by atoms with Crippen LogP contribution in [0.25, 0.3) is 0 Å². The molecule has 0 aromatic carbocycles. The molecule has 100 valence electrons. The quantitative estimate of drug-likeness (QED) is 0.819. The molecule has 0 spiro atoms. The largest absolute Gasteiger partial charge is 0.390 e. The molecule has 1 saturated heterocycles. The standard InChI is InChI=1S/C13H20N2O3/c1-15(10-13(17)5-7-18-8-6-13)12-4-2-3-11(9-16)14-12/h2-4,16-17H,5-10H2,1H3. The zero-order chi connectivity index (χ0) is 13.0. The average molecular weight is 252 g/mol. The molecule has 0 amide bonds. The second-order valence-electron chi connectivity index (χ2n) is 4.84. The van der Waals surface area contributed by atoms with Gasteiger partial charge in [0.2, 0.25) is 0 Å². The van der Waals surface area contributed by atoms with E-state index >= 15 is 0 Å². The third-order valence-electron chi connectivity index (χ3n) is 3.30. The fraction of sp³-hybridized carbons (Fsp3) is 0.615. The van der Waals surface area contributed by atoms with Crippen molar-refractivity contribution >= 4 is 5.82 Å². The molecule has 1 fully saturated rings. The Morgan fingerprint density at radius 3 is 2.78 bits per heavy atom. The van der Waals surface area contributed by atoms with Crippen LogP contribution in [0, 0.1) is 0 Å². The summed E-state index contributed by atoms with van der Waals surface area (Å²) in [6.45, 7) is 1.67. The Balaban J connectivity index is 2.03. The van der Waals surface area contributed by atoms with E-state index in [1.807, 2.05) is 24.1 Å². The van der Waals surface area contributed by atoms with Crippen molar-refractivity contribution in [1.82, 2.24) is 4.98 Å². The highest BCUT2D eigenvalue weighted by Crippen LogP contribution is 2.23. The van der Waals surface area contributed by atoms with Gasteiger partial charge < -0.3 is 19.8 Å². The zero-order valence-corrected chi connectivity index (χ0v) is 10.7. The van der Waals surface area contributed by atoms with Crippen molar-refractivity contribution in [3.63, 3.8) is 0 Å². The number of anilines is 1. The highest BCUT2D eigenvalue weighted by atomic mass is 16.5. The topological polar surface area (TPSA) is 65.8 Å². The molecule has 2 heterocycles. The molecule has 0 radical (unpaired) electrons. The fourth-order valence-electron chi connectivity index (χ4n) is 2.20. The number of aliphatic hydroxyl groups is 2. The summed E-state index contributed by atoms with van der Waals surface area (Å²) in [7, 11) is 1.90. The van der Waals surface area contributed by atoms with Crippen LogP contribution >= 0.6 is 0 Å². The molecular weight excluding hydrogens is 232 g/mol. The van der Waals surface area contributed by atoms with Crippen molar-refractivity contribution < 1.29 is 14.9 Å². The lowest BCUT2D eigenvalue weighted by molar-refractivity contribution is -0.0573. The maximum absolute atomic E-state index is 10.4. The van der Waals surface area contributed by atoms with E-state index in [0.29, 0.717) is 38.3 Å². The van der Waals surface area contributed by atoms with Crippen molar-refractivity contribution in [2.24, 2.45) is 0 Å². The normalized spacial score (nSPS) is 18.6. The van der Waals surface area contributed by atoms with Gasteiger partial charge in [0.25, 0.3) is 0 Å². The number of ether oxygens (including phenoxy) is 1. The lowest BCUT2D eigenvalue weighted by atomic mass is 9.94. The van der Waals surface area contributed by atoms with Crippen LogP contribution in [-0.2, 0) is 11.3 Å². The molecule has 5 nitrogen and oxygen atoms in total. The number of hydrogen-bond donors (Lipinski definition) is 2. The average Bonchev–Trinajstić information content (AvgIpc) is 2.39. The molecule has 1 aliphatic heterocycles. The van der Waals surface area contributed by atoms with E-state index in [4.69, 9.17) is 9.84 Å². The van der Waals surface area contributed by atoms with E-state index in [0.717, 1.165) is 5.82 Å². The smallest absolute Gasteiger partial charge is 0.128 e. The predicted molar refractivity (Wildman–Crippen MR) is 68.4 cm³/mol. The van der Waals surface area contributed by atoms with Gasteiger partial charge in [-0.1, -0.05) is 6.07 Å². The molecule has 0 unspecified atom stereocenters. The molecule has 0 atom stereocenters. The molecule has 0 bridgehead atoms. The Morgan fingerprint density at radius 2 is 2.11 bits per heavy atom. The summed E-state index contributed by atoms with van der Waals surface area (Å²) in [5.41, 5.74) is -0.0671. The van der Waals surface area contributed by atoms with E-state index in [1.165, 1.54) is 0 Å². The summed E-state index contributed by atoms with van der Waals surface area (Å²) >= 11 is 0. The summed E-state index contributed by atoms with van der Waals surface area (Å²) < 4.78 is 5.26. The maximum atomic E-state index is 10.4. The summed E-state index contributed by atoms with van der Waals surface area (Å²) in [4.78, 5) is 6.24. The number of pyridine rings is 1. The third kappa shape index (κ3) is 3.19. The number of aromatic nitrogens is 1. The van der Waals surface area contributed by atoms with Crippen LogP contribution in [0.15, 0.2) is 18.2 Å². The van der Waals surface area contributed by atoms with Gasteiger partial charge >= 0.3 is 0 Å². The van der Waals surface area contributed by atoms with Crippen molar-refractivity contribution in [2.75, 3.05) is 31.7 Å². The number of hydrogen-bond acceptors (Lipinski definition) is 5. The first-order chi connectivity index (χ1) is 8.63. The van der Waals surface area contributed by atoms with Crippen LogP contribution in [0.4, 0.5) is 5.82 Å². The summed E-state index contributed by atoms with van der Waals surface area (Å²) in [6.07, 6.45) is 1.30. The van der Waals surface area contributed by atoms with Gasteiger partial charge in [0, 0.05) is 39.6 Å². The minimum Gasteiger partial charge on any atom is -0.390 e. The van der Waals surface area contributed by atoms with Crippen LogP contribution < -0.4 is 4.90 Å². The second-order valence-corrected chi connectivity index (χ2v) is 4.84. The summed E-state index contributed by atoms with van der Waals surface area (Å²) in [5.74, 6) is 0.765. The van der Waals surface area contributed by atoms with Crippen LogP contribution in [0.1, 0.15) is 18.5 Å². The zero-order valence-electron chi connectivity index (χ0n) is 10.7. The highest BCUT2D eigenvalue weighted by molar-refractivity contribution is 5.38. The van der Waals surface area contributed by atoms with E-state index in [1.54, 1.807) is 6.07 Å². The Bertz CT molecular complexity index is 392. The first kappa shape index (κ1) is 13.3. The van der Waals surface area contributed by atoms with Gasteiger partial charge in [0.15, 0.2) is 0 Å². The Morgan fingerprint density at radius 1 is 1.39 bits per heavy atom. The van der Waals surface area contributed by atoms with Crippen LogP contribution in [0.5, 0.6) is 0 Å². The first-order valence-electron chi connectivity index (χ1n) is 6.21. The van der Waals surface area contributed by atoms with Gasteiger partial charge in [0.1, 0.15) is 5.82 Å². The van der Waals surface area contributed by atoms with Crippen molar-refractivity contribution in [1.29, 1.82) is 0 Å². The molecule has 2 N–H and O–H groups in total. The van der Waals surface area contributed by atoms with Crippen molar-refractivity contribution in [3.05, 3.63) is 23.9 Å². The minimum absolute atomic E-state index is 0.0697. The summed E-state index contributed by atoms with van der Waals surface area (Å²) in [6, 6.07) is 5.51. The van der Waals surface area contributed by atoms with Gasteiger partial charge in [0.05, 0.1) is 17.9 Å². The first-order valence-corrected chi connectivity index (χ1v) is 6.21. The van der Waals surface area contributed by atoms with Gasteiger partial charge in [-0.2, -0.15) is 0 Å². The van der Waals surface area contributed by atoms with Crippen LogP contribution in [-0.4, -0.2) is 47.6 Å². The SMILES string of the molecule is CN(CC1(O)CCOCC1)c1cccc(CO)n1. The molecule has 1 aliphatic rings. The van der Waals surface area contributed by atoms with Crippen LogP contribution in [0.2, 0.25) is 0 Å². The number of aliphatic hydroxyl groups excluding tert-OH is 1. The third-order valence-corrected chi connectivity index (χ3v) is 3.30. The number of nitrogens with zero attached hydrogens (tertiary/aromatic N) is 2. The molecule has 0 aliphatic carbocycles. The molecule has 0 saturated carbocycles. The van der Waals surface area contributed by atoms with E-state index in [2.05, 4.69) is 4.98 Å². The Kier molecular flexibility index (Phi) is 4.16. The molecule has 1 aromatic heterocycles. The molecule has 5 heteroatoms. The van der Waals surface area contributed by atoms with Crippen molar-refractivity contribution in [2.45, 2.75) is 25.0 Å². The number of likely N-dealkylation sites (N-methyl/N-ethyl adjacent to an activating group) is 1. The van der Waals surface area contributed by atoms with E-state index in [9.17, 15) is 5.11 Å². The Hall–Kier alpha value is -1.17. The fourth-order valence-corrected chi connectivity index (χ4v) is 2.20. The molecular formula is C13H20N2O3. The van der Waals surface area contributed by atoms with Gasteiger partial charge in [-0.05, 0) is 12.1 Å². The van der Waals surface area contributed by atoms with Crippen molar-refractivity contribution in [3.8, 4) is 0 Å². The number of rotatable bonds is 4. The minimum atomic E-state index is -0.704. The predicted octanol–water partition coefficient (Wildman–Crippen LogP) is 0.552. The second kappa shape index (κ2) is 5.65. The maximum Gasteiger partial charge on any atom is 0.128 e. The lowest BCUT2D eigenvalue weighted by Gasteiger charge is -2.35. The van der Waals surface area contributed by atoms with Gasteiger partial charge in [-0.3, -0.25) is 0 Å². The summed E-state index contributed by atoms with van der Waals surface area (Å²) in [5, 5.41) is 19.5. The monoisotopic (exact) mass is 252 g/mol. The van der Waals surface area contributed by atoms with Crippen LogP contribution in [0.3, 0.4) is 0 Å². The molecule has 1 aromatic rings. The lowest BCUT2D eigenvalue weighted by Crippen LogP contribution is -2.46.